The molecule has 11 rings (SSSR count). The Hall–Kier alpha value is -6.49. The molecule has 7 heteroatoms. The number of para-hydroxylation sites is 4. The molecule has 1 aliphatic carbocycles. The second kappa shape index (κ2) is 15.1. The van der Waals surface area contributed by atoms with Crippen molar-refractivity contribution in [2.24, 2.45) is 0 Å². The Morgan fingerprint density at radius 2 is 0.855 bits per heavy atom. The van der Waals surface area contributed by atoms with Crippen LogP contribution in [0, 0.1) is 67.0 Å². The number of benzene rings is 6. The largest absolute Gasteiger partial charge is 4.00 e. The molecule has 0 spiro atoms. The summed E-state index contributed by atoms with van der Waals surface area (Å²) in [7, 11) is 0. The Bertz CT molecular complexity index is 2810. The molecule has 4 heterocycles. The van der Waals surface area contributed by atoms with E-state index in [-0.39, 0.29) is 21.1 Å². The van der Waals surface area contributed by atoms with Crippen LogP contribution in [0.3, 0.4) is 0 Å². The van der Waals surface area contributed by atoms with Crippen molar-refractivity contribution in [3.63, 3.8) is 0 Å². The molecule has 0 N–H and O–H groups in total. The molecule has 62 heavy (non-hydrogen) atoms. The average Bonchev–Trinajstić information content (AvgIpc) is 3.93. The maximum Gasteiger partial charge on any atom is 4.00 e. The molecule has 0 unspecified atom stereocenters. The van der Waals surface area contributed by atoms with Gasteiger partial charge in [0.15, 0.2) is 0 Å². The molecule has 0 atom stereocenters. The summed E-state index contributed by atoms with van der Waals surface area (Å²) in [6.45, 7) is 17.7. The normalized spacial score (nSPS) is 14.4. The third-order valence-electron chi connectivity index (χ3n) is 12.6. The predicted octanol–water partition coefficient (Wildman–Crippen LogP) is 13.0. The Morgan fingerprint density at radius 3 is 1.26 bits per heavy atom. The molecule has 0 radical (unpaired) electrons. The molecule has 3 aliphatic rings. The second-order valence-electron chi connectivity index (χ2n) is 16.6. The first-order valence-electron chi connectivity index (χ1n) is 20.9. The zero-order valence-electron chi connectivity index (χ0n) is 35.5. The van der Waals surface area contributed by atoms with Crippen LogP contribution in [0.2, 0.25) is 0 Å². The quantitative estimate of drug-likeness (QED) is 0.155. The van der Waals surface area contributed by atoms with E-state index in [1.807, 2.05) is 24.5 Å². The molecule has 2 aliphatic heterocycles. The number of aryl methyl sites for hydroxylation is 6. The number of fused-ring (bicyclic) bond motifs is 5. The molecule has 0 saturated carbocycles. The molecule has 0 amide bonds. The monoisotopic (exact) mass is 983 g/mol. The average molecular weight is 984 g/mol. The van der Waals surface area contributed by atoms with Gasteiger partial charge >= 0.3 is 21.1 Å². The number of aromatic nitrogens is 2. The minimum absolute atomic E-state index is 0. The van der Waals surface area contributed by atoms with Gasteiger partial charge in [-0.25, -0.2) is 0 Å². The van der Waals surface area contributed by atoms with E-state index in [1.165, 1.54) is 55.6 Å². The Morgan fingerprint density at radius 1 is 0.468 bits per heavy atom. The number of rotatable bonds is 6. The van der Waals surface area contributed by atoms with Crippen molar-refractivity contribution in [3.8, 4) is 33.6 Å². The van der Waals surface area contributed by atoms with Gasteiger partial charge < -0.3 is 19.6 Å². The third kappa shape index (κ3) is 5.95. The summed E-state index contributed by atoms with van der Waals surface area (Å²) in [6.07, 6.45) is 3.75. The zero-order chi connectivity index (χ0) is 41.6. The Balaban J connectivity index is 0.00000458. The fourth-order valence-corrected chi connectivity index (χ4v) is 10.4. The first-order valence-corrected chi connectivity index (χ1v) is 20.9. The minimum atomic E-state index is -0.952. The van der Waals surface area contributed by atoms with Gasteiger partial charge in [-0.15, -0.1) is 48.0 Å². The molecule has 2 aromatic heterocycles. The summed E-state index contributed by atoms with van der Waals surface area (Å²) in [5.41, 5.74) is 21.4. The van der Waals surface area contributed by atoms with Gasteiger partial charge in [-0.1, -0.05) is 71.8 Å². The van der Waals surface area contributed by atoms with Crippen molar-refractivity contribution >= 4 is 34.1 Å². The van der Waals surface area contributed by atoms with E-state index in [2.05, 4.69) is 208 Å². The fourth-order valence-electron chi connectivity index (χ4n) is 10.4. The first kappa shape index (κ1) is 39.6. The topological polar surface area (TPSA) is 38.7 Å². The van der Waals surface area contributed by atoms with Crippen LogP contribution in [0.25, 0.3) is 33.6 Å². The Labute approximate surface area is 379 Å². The van der Waals surface area contributed by atoms with Crippen LogP contribution in [0.5, 0.6) is 0 Å². The van der Waals surface area contributed by atoms with Gasteiger partial charge in [-0.3, -0.25) is 9.97 Å². The molecule has 304 valence electrons. The van der Waals surface area contributed by atoms with E-state index in [1.54, 1.807) is 0 Å². The van der Waals surface area contributed by atoms with Gasteiger partial charge in [0.05, 0.1) is 11.4 Å². The summed E-state index contributed by atoms with van der Waals surface area (Å²) < 4.78 is 0. The van der Waals surface area contributed by atoms with E-state index < -0.39 is 5.66 Å². The molecular formula is C55H44N6Pt. The van der Waals surface area contributed by atoms with Crippen LogP contribution in [0.1, 0.15) is 44.5 Å². The van der Waals surface area contributed by atoms with E-state index in [9.17, 15) is 0 Å². The molecule has 6 nitrogen and oxygen atoms in total. The van der Waals surface area contributed by atoms with E-state index in [0.717, 1.165) is 56.6 Å². The zero-order valence-corrected chi connectivity index (χ0v) is 37.8. The van der Waals surface area contributed by atoms with Crippen molar-refractivity contribution in [3.05, 3.63) is 216 Å². The second-order valence-corrected chi connectivity index (χ2v) is 16.6. The summed E-state index contributed by atoms with van der Waals surface area (Å²) >= 11 is 0. The van der Waals surface area contributed by atoms with Crippen LogP contribution in [-0.4, -0.2) is 9.97 Å². The van der Waals surface area contributed by atoms with Crippen molar-refractivity contribution in [2.45, 2.75) is 47.2 Å². The van der Waals surface area contributed by atoms with Crippen LogP contribution in [0.15, 0.2) is 146 Å². The summed E-state index contributed by atoms with van der Waals surface area (Å²) in [5, 5.41) is 0. The van der Waals surface area contributed by atoms with Crippen molar-refractivity contribution in [1.29, 1.82) is 0 Å². The molecule has 0 saturated heterocycles. The van der Waals surface area contributed by atoms with E-state index in [0.29, 0.717) is 0 Å². The minimum Gasteiger partial charge on any atom is -0.494 e. The number of hydrogen-bond donors (Lipinski definition) is 0. The third-order valence-corrected chi connectivity index (χ3v) is 12.6. The summed E-state index contributed by atoms with van der Waals surface area (Å²) in [6, 6.07) is 55.2. The fraction of sp³-hybridized carbons (Fsp3) is 0.127. The Kier molecular flexibility index (Phi) is 9.68. The van der Waals surface area contributed by atoms with Gasteiger partial charge in [0, 0.05) is 46.3 Å². The predicted molar refractivity (Wildman–Crippen MR) is 249 cm³/mol. The molecule has 8 aromatic rings. The number of nitrogens with zero attached hydrogens (tertiary/aromatic N) is 6. The van der Waals surface area contributed by atoms with Crippen molar-refractivity contribution in [2.75, 3.05) is 19.6 Å². The molecule has 0 bridgehead atoms. The van der Waals surface area contributed by atoms with Gasteiger partial charge in [0.25, 0.3) is 0 Å². The maximum atomic E-state index is 5.06. The molecule has 6 aromatic carbocycles. The summed E-state index contributed by atoms with van der Waals surface area (Å²) in [4.78, 5) is 19.5. The van der Waals surface area contributed by atoms with Crippen molar-refractivity contribution in [1.82, 2.24) is 9.97 Å². The standard InChI is InChI=1S/C55H44N6.Pt/c1-35-27-37(3)51(38(4)28-35)41-15-11-17-43(31-41)58-33-60(49-23-9-7-21-47(49)58)55(45-19-13-25-56-53(45)54-46(55)20-14-26-57-54)61-34-59(48-22-8-10-24-50(48)61)44-18-12-16-42(32-44)52-39(5)29-36(2)30-40(52)6;/h7-16,19-34H,1-6H3;/q-4;+4. The van der Waals surface area contributed by atoms with Gasteiger partial charge in [-0.05, 0) is 111 Å². The van der Waals surface area contributed by atoms with Crippen LogP contribution in [0.4, 0.5) is 34.1 Å². The van der Waals surface area contributed by atoms with E-state index >= 15 is 0 Å². The first-order chi connectivity index (χ1) is 29.7. The van der Waals surface area contributed by atoms with Crippen LogP contribution < -0.4 is 19.6 Å². The van der Waals surface area contributed by atoms with Crippen LogP contribution >= 0.6 is 0 Å². The SMILES string of the molecule is Cc1cc(C)c(-c2cc[c-]c(N3[CH-]N(C4(N5[CH-]N(c6[c-]ccc(-c7c(C)cc(C)cc7C)c6)c6ccccc65)c5cccnc5-c5ncccc54)c4ccccc43)c2)c(C)c1.[Pt+4]. The smallest absolute Gasteiger partial charge is 0.494 e. The number of hydrogen-bond acceptors (Lipinski definition) is 6. The van der Waals surface area contributed by atoms with Gasteiger partial charge in [0.2, 0.25) is 0 Å². The van der Waals surface area contributed by atoms with Crippen LogP contribution in [-0.2, 0) is 26.7 Å². The number of anilines is 6. The van der Waals surface area contributed by atoms with E-state index in [4.69, 9.17) is 9.97 Å². The number of pyridine rings is 2. The molecule has 0 fully saturated rings. The van der Waals surface area contributed by atoms with Gasteiger partial charge in [-0.2, -0.15) is 36.4 Å². The summed E-state index contributed by atoms with van der Waals surface area (Å²) in [5.74, 6) is 0. The van der Waals surface area contributed by atoms with Gasteiger partial charge in [0.1, 0.15) is 5.66 Å². The maximum absolute atomic E-state index is 5.06. The molecular weight excluding hydrogens is 940 g/mol. The van der Waals surface area contributed by atoms with Crippen molar-refractivity contribution < 1.29 is 21.1 Å².